The van der Waals surface area contributed by atoms with E-state index in [-0.39, 0.29) is 18.8 Å². The molecule has 3 rings (SSSR count). The lowest BCUT2D eigenvalue weighted by Gasteiger charge is -2.35. The molecule has 7 nitrogen and oxygen atoms in total. The highest BCUT2D eigenvalue weighted by Gasteiger charge is 2.32. The molecule has 2 N–H and O–H groups in total. The fourth-order valence-electron chi connectivity index (χ4n) is 2.90. The van der Waals surface area contributed by atoms with E-state index in [0.29, 0.717) is 24.6 Å². The maximum atomic E-state index is 12.5. The van der Waals surface area contributed by atoms with Crippen LogP contribution in [0.1, 0.15) is 10.5 Å². The SMILES string of the molecule is O=C(NO)c1cc(N2CCN(CC(F)(F)F)CC2)nn1-c1ccccc1. The van der Waals surface area contributed by atoms with Crippen LogP contribution in [0.3, 0.4) is 0 Å². The summed E-state index contributed by atoms with van der Waals surface area (Å²) < 4.78 is 38.9. The van der Waals surface area contributed by atoms with E-state index in [1.165, 1.54) is 15.6 Å². The first-order valence-electron chi connectivity index (χ1n) is 8.01. The van der Waals surface area contributed by atoms with Crippen molar-refractivity contribution in [2.75, 3.05) is 37.6 Å². The molecule has 0 unspecified atom stereocenters. The third-order valence-corrected chi connectivity index (χ3v) is 4.13. The molecule has 0 spiro atoms. The molecule has 10 heteroatoms. The number of para-hydroxylation sites is 1. The molecule has 1 aliphatic rings. The van der Waals surface area contributed by atoms with E-state index in [0.717, 1.165) is 0 Å². The number of benzene rings is 1. The average molecular weight is 369 g/mol. The third-order valence-electron chi connectivity index (χ3n) is 4.13. The summed E-state index contributed by atoms with van der Waals surface area (Å²) in [6, 6.07) is 10.4. The maximum Gasteiger partial charge on any atom is 0.401 e. The molecule has 0 aliphatic carbocycles. The number of anilines is 1. The number of carbonyl (C=O) groups is 1. The molecule has 0 atom stereocenters. The van der Waals surface area contributed by atoms with Crippen LogP contribution in [0.5, 0.6) is 0 Å². The quantitative estimate of drug-likeness (QED) is 0.634. The topological polar surface area (TPSA) is 73.6 Å². The minimum absolute atomic E-state index is 0.131. The minimum atomic E-state index is -4.22. The zero-order valence-electron chi connectivity index (χ0n) is 13.8. The molecule has 1 fully saturated rings. The van der Waals surface area contributed by atoms with Gasteiger partial charge in [0.15, 0.2) is 5.82 Å². The van der Waals surface area contributed by atoms with Crippen molar-refractivity contribution in [1.29, 1.82) is 0 Å². The molecular weight excluding hydrogens is 351 g/mol. The smallest absolute Gasteiger partial charge is 0.353 e. The second kappa shape index (κ2) is 7.34. The fourth-order valence-corrected chi connectivity index (χ4v) is 2.90. The molecule has 1 aromatic heterocycles. The predicted octanol–water partition coefficient (Wildman–Crippen LogP) is 1.68. The van der Waals surface area contributed by atoms with Gasteiger partial charge in [0.05, 0.1) is 12.2 Å². The van der Waals surface area contributed by atoms with Crippen molar-refractivity contribution in [3.63, 3.8) is 0 Å². The molecule has 1 aromatic carbocycles. The lowest BCUT2D eigenvalue weighted by Crippen LogP contribution is -2.49. The second-order valence-corrected chi connectivity index (χ2v) is 5.95. The highest BCUT2D eigenvalue weighted by Crippen LogP contribution is 2.22. The van der Waals surface area contributed by atoms with E-state index in [2.05, 4.69) is 5.10 Å². The molecule has 140 valence electrons. The van der Waals surface area contributed by atoms with Crippen LogP contribution in [0.25, 0.3) is 5.69 Å². The van der Waals surface area contributed by atoms with Crippen LogP contribution in [0, 0.1) is 0 Å². The molecule has 1 saturated heterocycles. The summed E-state index contributed by atoms with van der Waals surface area (Å²) in [5.74, 6) is -0.248. The third kappa shape index (κ3) is 4.14. The number of nitrogens with zero attached hydrogens (tertiary/aromatic N) is 4. The molecule has 0 radical (unpaired) electrons. The lowest BCUT2D eigenvalue weighted by atomic mass is 10.3. The van der Waals surface area contributed by atoms with Gasteiger partial charge in [-0.3, -0.25) is 14.9 Å². The number of piperazine rings is 1. The Morgan fingerprint density at radius 3 is 2.38 bits per heavy atom. The van der Waals surface area contributed by atoms with Crippen LogP contribution in [0.2, 0.25) is 0 Å². The summed E-state index contributed by atoms with van der Waals surface area (Å²) >= 11 is 0. The van der Waals surface area contributed by atoms with Crippen LogP contribution in [-0.2, 0) is 0 Å². The van der Waals surface area contributed by atoms with Crippen molar-refractivity contribution in [3.05, 3.63) is 42.1 Å². The van der Waals surface area contributed by atoms with E-state index < -0.39 is 18.6 Å². The van der Waals surface area contributed by atoms with Gasteiger partial charge in [0.1, 0.15) is 5.69 Å². The highest BCUT2D eigenvalue weighted by molar-refractivity contribution is 5.93. The maximum absolute atomic E-state index is 12.5. The number of hydroxylamine groups is 1. The lowest BCUT2D eigenvalue weighted by molar-refractivity contribution is -0.146. The van der Waals surface area contributed by atoms with E-state index in [1.54, 1.807) is 29.7 Å². The second-order valence-electron chi connectivity index (χ2n) is 5.95. The normalized spacial score (nSPS) is 15.9. The van der Waals surface area contributed by atoms with Gasteiger partial charge in [-0.15, -0.1) is 5.10 Å². The number of rotatable bonds is 4. The number of alkyl halides is 3. The van der Waals surface area contributed by atoms with Crippen molar-refractivity contribution >= 4 is 11.7 Å². The summed E-state index contributed by atoms with van der Waals surface area (Å²) in [4.78, 5) is 15.1. The minimum Gasteiger partial charge on any atom is -0.353 e. The molecule has 2 heterocycles. The van der Waals surface area contributed by atoms with Crippen molar-refractivity contribution in [3.8, 4) is 5.69 Å². The van der Waals surface area contributed by atoms with Gasteiger partial charge in [-0.1, -0.05) is 18.2 Å². The number of amides is 1. The van der Waals surface area contributed by atoms with Crippen molar-refractivity contribution < 1.29 is 23.2 Å². The number of hydrogen-bond donors (Lipinski definition) is 2. The van der Waals surface area contributed by atoms with Crippen molar-refractivity contribution in [2.24, 2.45) is 0 Å². The molecule has 2 aromatic rings. The van der Waals surface area contributed by atoms with Crippen LogP contribution >= 0.6 is 0 Å². The van der Waals surface area contributed by atoms with E-state index in [9.17, 15) is 18.0 Å². The van der Waals surface area contributed by atoms with E-state index in [4.69, 9.17) is 5.21 Å². The standard InChI is InChI=1S/C16H18F3N5O2/c17-16(18,19)11-22-6-8-23(9-7-22)14-10-13(15(25)21-26)24(20-14)12-4-2-1-3-5-12/h1-5,10,26H,6-9,11H2,(H,21,25). The van der Waals surface area contributed by atoms with E-state index in [1.807, 2.05) is 11.0 Å². The van der Waals surface area contributed by atoms with Gasteiger partial charge in [0.2, 0.25) is 0 Å². The highest BCUT2D eigenvalue weighted by atomic mass is 19.4. The van der Waals surface area contributed by atoms with Gasteiger partial charge in [-0.25, -0.2) is 10.2 Å². The largest absolute Gasteiger partial charge is 0.401 e. The van der Waals surface area contributed by atoms with Gasteiger partial charge in [0, 0.05) is 32.2 Å². The summed E-state index contributed by atoms with van der Waals surface area (Å²) in [5.41, 5.74) is 2.35. The first-order valence-corrected chi connectivity index (χ1v) is 8.01. The molecule has 26 heavy (non-hydrogen) atoms. The predicted molar refractivity (Wildman–Crippen MR) is 87.5 cm³/mol. The van der Waals surface area contributed by atoms with Gasteiger partial charge in [-0.05, 0) is 12.1 Å². The Labute approximate surface area is 147 Å². The summed E-state index contributed by atoms with van der Waals surface area (Å²) in [7, 11) is 0. The van der Waals surface area contributed by atoms with Gasteiger partial charge >= 0.3 is 6.18 Å². The Hall–Kier alpha value is -2.59. The molecule has 1 amide bonds. The average Bonchev–Trinajstić information content (AvgIpc) is 3.06. The first-order chi connectivity index (χ1) is 12.4. The molecular formula is C16H18F3N5O2. The molecule has 1 aliphatic heterocycles. The summed E-state index contributed by atoms with van der Waals surface area (Å²) in [6.07, 6.45) is -4.22. The first kappa shape index (κ1) is 18.2. The van der Waals surface area contributed by atoms with Crippen LogP contribution in [0.4, 0.5) is 19.0 Å². The Bertz CT molecular complexity index is 755. The number of aromatic nitrogens is 2. The number of carbonyl (C=O) groups excluding carboxylic acids is 1. The Morgan fingerprint density at radius 2 is 1.81 bits per heavy atom. The van der Waals surface area contributed by atoms with Crippen LogP contribution < -0.4 is 10.4 Å². The van der Waals surface area contributed by atoms with Crippen LogP contribution in [0.15, 0.2) is 36.4 Å². The Morgan fingerprint density at radius 1 is 1.15 bits per heavy atom. The fraction of sp³-hybridized carbons (Fsp3) is 0.375. The summed E-state index contributed by atoms with van der Waals surface area (Å²) in [5, 5.41) is 13.4. The van der Waals surface area contributed by atoms with Gasteiger partial charge < -0.3 is 4.90 Å². The van der Waals surface area contributed by atoms with Crippen molar-refractivity contribution in [1.82, 2.24) is 20.2 Å². The van der Waals surface area contributed by atoms with Crippen LogP contribution in [-0.4, -0.2) is 64.7 Å². The number of halogens is 3. The van der Waals surface area contributed by atoms with Gasteiger partial charge in [-0.2, -0.15) is 13.2 Å². The zero-order valence-corrected chi connectivity index (χ0v) is 13.8. The molecule has 0 saturated carbocycles. The van der Waals surface area contributed by atoms with Crippen molar-refractivity contribution in [2.45, 2.75) is 6.18 Å². The van der Waals surface area contributed by atoms with E-state index >= 15 is 0 Å². The Balaban J connectivity index is 1.79. The Kier molecular flexibility index (Phi) is 5.14. The number of hydrogen-bond acceptors (Lipinski definition) is 5. The van der Waals surface area contributed by atoms with Gasteiger partial charge in [0.25, 0.3) is 5.91 Å². The zero-order chi connectivity index (χ0) is 18.7. The summed E-state index contributed by atoms with van der Waals surface area (Å²) in [6.45, 7) is 0.292. The monoisotopic (exact) mass is 369 g/mol. The molecule has 0 bridgehead atoms. The number of nitrogens with one attached hydrogen (secondary N) is 1.